The molecule has 3 nitrogen and oxygen atoms in total. The van der Waals surface area contributed by atoms with Gasteiger partial charge in [-0.2, -0.15) is 0 Å². The summed E-state index contributed by atoms with van der Waals surface area (Å²) in [6.07, 6.45) is 4.76. The zero-order valence-electron chi connectivity index (χ0n) is 13.0. The molecule has 0 unspecified atom stereocenters. The van der Waals surface area contributed by atoms with Crippen LogP contribution in [0.25, 0.3) is 10.9 Å². The standard InChI is InChI=1S/C20H19NO2/c22-20(23)15-7-5-6-14(12-15)13-21-18-10-3-1-8-16(18)17-9-2-4-11-19(17)21/h1,3,5-8,10,12H,2,4,9,11,13H2,(H,22,23). The van der Waals surface area contributed by atoms with E-state index in [1.165, 1.54) is 35.0 Å². The van der Waals surface area contributed by atoms with Crippen LogP contribution in [0.5, 0.6) is 0 Å². The van der Waals surface area contributed by atoms with Gasteiger partial charge in [-0.15, -0.1) is 0 Å². The lowest BCUT2D eigenvalue weighted by Gasteiger charge is -2.16. The number of carboxylic acids is 1. The molecule has 0 amide bonds. The van der Waals surface area contributed by atoms with Gasteiger partial charge in [-0.3, -0.25) is 0 Å². The van der Waals surface area contributed by atoms with Crippen molar-refractivity contribution >= 4 is 16.9 Å². The van der Waals surface area contributed by atoms with Crippen LogP contribution in [-0.2, 0) is 19.4 Å². The smallest absolute Gasteiger partial charge is 0.335 e. The number of fused-ring (bicyclic) bond motifs is 3. The molecule has 0 atom stereocenters. The van der Waals surface area contributed by atoms with Gasteiger partial charge in [0.05, 0.1) is 5.56 Å². The van der Waals surface area contributed by atoms with E-state index in [1.807, 2.05) is 12.1 Å². The summed E-state index contributed by atoms with van der Waals surface area (Å²) in [5, 5.41) is 10.6. The molecule has 0 radical (unpaired) electrons. The molecule has 0 aliphatic heterocycles. The summed E-state index contributed by atoms with van der Waals surface area (Å²) < 4.78 is 2.38. The summed E-state index contributed by atoms with van der Waals surface area (Å²) in [4.78, 5) is 11.2. The van der Waals surface area contributed by atoms with Crippen molar-refractivity contribution in [2.24, 2.45) is 0 Å². The minimum Gasteiger partial charge on any atom is -0.478 e. The van der Waals surface area contributed by atoms with Crippen molar-refractivity contribution in [2.45, 2.75) is 32.2 Å². The second-order valence-electron chi connectivity index (χ2n) is 6.24. The van der Waals surface area contributed by atoms with E-state index in [0.717, 1.165) is 24.9 Å². The van der Waals surface area contributed by atoms with E-state index in [0.29, 0.717) is 5.56 Å². The lowest BCUT2D eigenvalue weighted by molar-refractivity contribution is 0.0696. The Labute approximate surface area is 135 Å². The maximum absolute atomic E-state index is 11.2. The number of aromatic carboxylic acids is 1. The second kappa shape index (κ2) is 5.58. The van der Waals surface area contributed by atoms with Gasteiger partial charge in [-0.1, -0.05) is 30.3 Å². The Balaban J connectivity index is 1.83. The number of rotatable bonds is 3. The van der Waals surface area contributed by atoms with Crippen LogP contribution in [0.4, 0.5) is 0 Å². The molecule has 3 aromatic rings. The van der Waals surface area contributed by atoms with Crippen LogP contribution < -0.4 is 0 Å². The Morgan fingerprint density at radius 3 is 2.74 bits per heavy atom. The van der Waals surface area contributed by atoms with Crippen molar-refractivity contribution in [1.29, 1.82) is 0 Å². The summed E-state index contributed by atoms with van der Waals surface area (Å²) in [5.74, 6) is -0.869. The first-order valence-electron chi connectivity index (χ1n) is 8.15. The fourth-order valence-electron chi connectivity index (χ4n) is 3.75. The Hall–Kier alpha value is -2.55. The maximum Gasteiger partial charge on any atom is 0.335 e. The number of para-hydroxylation sites is 1. The average Bonchev–Trinajstić information content (AvgIpc) is 2.90. The van der Waals surface area contributed by atoms with E-state index in [4.69, 9.17) is 0 Å². The topological polar surface area (TPSA) is 42.2 Å². The number of carboxylic acid groups (broad SMARTS) is 1. The van der Waals surface area contributed by atoms with Crippen LogP contribution in [0.2, 0.25) is 0 Å². The monoisotopic (exact) mass is 305 g/mol. The van der Waals surface area contributed by atoms with E-state index in [1.54, 1.807) is 12.1 Å². The molecule has 0 fully saturated rings. The van der Waals surface area contributed by atoms with Crippen molar-refractivity contribution in [3.8, 4) is 0 Å². The number of hydrogen-bond donors (Lipinski definition) is 1. The minimum atomic E-state index is -0.869. The van der Waals surface area contributed by atoms with Crippen molar-refractivity contribution in [3.05, 3.63) is 70.9 Å². The molecule has 2 aromatic carbocycles. The summed E-state index contributed by atoms with van der Waals surface area (Å²) in [7, 11) is 0. The van der Waals surface area contributed by atoms with E-state index in [-0.39, 0.29) is 0 Å². The molecule has 0 saturated carbocycles. The highest BCUT2D eigenvalue weighted by Gasteiger charge is 2.19. The summed E-state index contributed by atoms with van der Waals surface area (Å²) >= 11 is 0. The van der Waals surface area contributed by atoms with E-state index in [2.05, 4.69) is 28.8 Å². The van der Waals surface area contributed by atoms with Crippen molar-refractivity contribution in [1.82, 2.24) is 4.57 Å². The molecule has 1 aliphatic rings. The largest absolute Gasteiger partial charge is 0.478 e. The fourth-order valence-corrected chi connectivity index (χ4v) is 3.75. The van der Waals surface area contributed by atoms with Crippen molar-refractivity contribution in [2.75, 3.05) is 0 Å². The highest BCUT2D eigenvalue weighted by atomic mass is 16.4. The molecule has 1 aromatic heterocycles. The van der Waals surface area contributed by atoms with Crippen LogP contribution >= 0.6 is 0 Å². The lowest BCUT2D eigenvalue weighted by atomic mass is 9.95. The lowest BCUT2D eigenvalue weighted by Crippen LogP contribution is -2.09. The number of benzene rings is 2. The number of carbonyl (C=O) groups is 1. The van der Waals surface area contributed by atoms with Crippen LogP contribution in [0.15, 0.2) is 48.5 Å². The van der Waals surface area contributed by atoms with Crippen LogP contribution in [0.1, 0.15) is 40.0 Å². The molecule has 1 N–H and O–H groups in total. The zero-order chi connectivity index (χ0) is 15.8. The predicted octanol–water partition coefficient (Wildman–Crippen LogP) is 4.27. The summed E-state index contributed by atoms with van der Waals surface area (Å²) in [6.45, 7) is 0.733. The highest BCUT2D eigenvalue weighted by molar-refractivity contribution is 5.88. The molecule has 0 saturated heterocycles. The molecule has 0 spiro atoms. The molecule has 1 aliphatic carbocycles. The van der Waals surface area contributed by atoms with Gasteiger partial charge in [0.2, 0.25) is 0 Å². The number of aromatic nitrogens is 1. The molecule has 1 heterocycles. The third-order valence-electron chi connectivity index (χ3n) is 4.80. The van der Waals surface area contributed by atoms with Gasteiger partial charge in [0.25, 0.3) is 0 Å². The van der Waals surface area contributed by atoms with Crippen LogP contribution in [-0.4, -0.2) is 15.6 Å². The first kappa shape index (κ1) is 14.1. The predicted molar refractivity (Wildman–Crippen MR) is 91.1 cm³/mol. The Kier molecular flexibility index (Phi) is 3.41. The normalized spacial score (nSPS) is 13.9. The van der Waals surface area contributed by atoms with Gasteiger partial charge >= 0.3 is 5.97 Å². The Morgan fingerprint density at radius 1 is 1.04 bits per heavy atom. The van der Waals surface area contributed by atoms with Crippen molar-refractivity contribution in [3.63, 3.8) is 0 Å². The molecule has 3 heteroatoms. The number of nitrogens with zero attached hydrogens (tertiary/aromatic N) is 1. The van der Waals surface area contributed by atoms with Gasteiger partial charge in [0.1, 0.15) is 0 Å². The van der Waals surface area contributed by atoms with E-state index in [9.17, 15) is 9.90 Å². The average molecular weight is 305 g/mol. The third kappa shape index (κ3) is 2.42. The SMILES string of the molecule is O=C(O)c1cccc(Cn2c3c(c4ccccc42)CCCC3)c1. The first-order chi connectivity index (χ1) is 11.2. The number of aryl methyl sites for hydroxylation is 1. The molecule has 116 valence electrons. The quantitative estimate of drug-likeness (QED) is 0.785. The summed E-state index contributed by atoms with van der Waals surface area (Å²) in [6, 6.07) is 15.8. The van der Waals surface area contributed by atoms with Gasteiger partial charge in [-0.05, 0) is 55.0 Å². The molecule has 4 rings (SSSR count). The van der Waals surface area contributed by atoms with Gasteiger partial charge in [0.15, 0.2) is 0 Å². The van der Waals surface area contributed by atoms with Gasteiger partial charge < -0.3 is 9.67 Å². The molecule has 23 heavy (non-hydrogen) atoms. The van der Waals surface area contributed by atoms with Gasteiger partial charge in [0, 0.05) is 23.1 Å². The molecular weight excluding hydrogens is 286 g/mol. The van der Waals surface area contributed by atoms with E-state index >= 15 is 0 Å². The van der Waals surface area contributed by atoms with Gasteiger partial charge in [-0.25, -0.2) is 4.79 Å². The first-order valence-corrected chi connectivity index (χ1v) is 8.15. The Bertz CT molecular complexity index is 892. The molecular formula is C20H19NO2. The minimum absolute atomic E-state index is 0.354. The number of hydrogen-bond acceptors (Lipinski definition) is 1. The second-order valence-corrected chi connectivity index (χ2v) is 6.24. The van der Waals surface area contributed by atoms with Crippen molar-refractivity contribution < 1.29 is 9.90 Å². The van der Waals surface area contributed by atoms with Crippen LogP contribution in [0.3, 0.4) is 0 Å². The maximum atomic E-state index is 11.2. The fraction of sp³-hybridized carbons (Fsp3) is 0.250. The summed E-state index contributed by atoms with van der Waals surface area (Å²) in [5.41, 5.74) is 5.58. The highest BCUT2D eigenvalue weighted by Crippen LogP contribution is 2.32. The third-order valence-corrected chi connectivity index (χ3v) is 4.80. The Morgan fingerprint density at radius 2 is 1.87 bits per heavy atom. The zero-order valence-corrected chi connectivity index (χ0v) is 13.0. The molecule has 0 bridgehead atoms. The van der Waals surface area contributed by atoms with E-state index < -0.39 is 5.97 Å². The van der Waals surface area contributed by atoms with Crippen LogP contribution in [0, 0.1) is 0 Å².